The van der Waals surface area contributed by atoms with Crippen LogP contribution in [0.5, 0.6) is 11.5 Å². The Morgan fingerprint density at radius 3 is 2.58 bits per heavy atom. The number of amides is 1. The highest BCUT2D eigenvalue weighted by Gasteiger charge is 2.14. The highest BCUT2D eigenvalue weighted by atomic mass is 32.2. The normalized spacial score (nSPS) is 10.6. The summed E-state index contributed by atoms with van der Waals surface area (Å²) >= 11 is 1.61. The van der Waals surface area contributed by atoms with Gasteiger partial charge in [-0.2, -0.15) is 0 Å². The fourth-order valence-electron chi connectivity index (χ4n) is 3.26. The van der Waals surface area contributed by atoms with Gasteiger partial charge in [-0.1, -0.05) is 42.1 Å². The van der Waals surface area contributed by atoms with Crippen LogP contribution >= 0.6 is 11.8 Å². The zero-order valence-electron chi connectivity index (χ0n) is 18.4. The zero-order valence-corrected chi connectivity index (χ0v) is 19.2. The number of benzene rings is 3. The summed E-state index contributed by atoms with van der Waals surface area (Å²) in [4.78, 5) is 19.0. The quantitative estimate of drug-likeness (QED) is 0.326. The van der Waals surface area contributed by atoms with Gasteiger partial charge in [0.1, 0.15) is 11.5 Å². The molecule has 3 aromatic carbocycles. The Hall–Kier alpha value is -3.71. The van der Waals surface area contributed by atoms with Gasteiger partial charge in [-0.15, -0.1) is 0 Å². The Balaban J connectivity index is 1.39. The topological polar surface area (TPSA) is 73.6 Å². The average Bonchev–Trinajstić information content (AvgIpc) is 3.33. The smallest absolute Gasteiger partial charge is 0.224 e. The molecule has 1 N–H and O–H groups in total. The van der Waals surface area contributed by atoms with Crippen molar-refractivity contribution in [3.8, 4) is 22.8 Å². The van der Waals surface area contributed by atoms with E-state index in [2.05, 4.69) is 10.3 Å². The SMILES string of the molecule is COc1ccc(-c2cnc(CCC(=O)Nc3ccccc3Sc3ccccc3)o2)c(OC)c1. The molecule has 0 saturated heterocycles. The molecule has 33 heavy (non-hydrogen) atoms. The highest BCUT2D eigenvalue weighted by molar-refractivity contribution is 7.99. The number of carbonyl (C=O) groups excluding carboxylic acids is 1. The van der Waals surface area contributed by atoms with Gasteiger partial charge in [-0.05, 0) is 36.4 Å². The molecule has 1 aromatic heterocycles. The minimum Gasteiger partial charge on any atom is -0.497 e. The van der Waals surface area contributed by atoms with Crippen molar-refractivity contribution < 1.29 is 18.7 Å². The summed E-state index contributed by atoms with van der Waals surface area (Å²) in [5.41, 5.74) is 1.56. The van der Waals surface area contributed by atoms with E-state index in [0.717, 1.165) is 21.0 Å². The van der Waals surface area contributed by atoms with Crippen molar-refractivity contribution in [3.05, 3.63) is 84.9 Å². The van der Waals surface area contributed by atoms with Gasteiger partial charge in [0.05, 0.1) is 31.7 Å². The van der Waals surface area contributed by atoms with Crippen LogP contribution in [0.4, 0.5) is 5.69 Å². The summed E-state index contributed by atoms with van der Waals surface area (Å²) < 4.78 is 16.5. The lowest BCUT2D eigenvalue weighted by Gasteiger charge is -2.10. The van der Waals surface area contributed by atoms with Gasteiger partial charge >= 0.3 is 0 Å². The lowest BCUT2D eigenvalue weighted by atomic mass is 10.1. The number of oxazole rings is 1. The minimum absolute atomic E-state index is 0.0992. The van der Waals surface area contributed by atoms with E-state index in [0.29, 0.717) is 29.6 Å². The van der Waals surface area contributed by atoms with Gasteiger partial charge in [0.25, 0.3) is 0 Å². The Morgan fingerprint density at radius 2 is 1.79 bits per heavy atom. The maximum absolute atomic E-state index is 12.6. The zero-order chi connectivity index (χ0) is 23.0. The summed E-state index contributed by atoms with van der Waals surface area (Å²) in [6.45, 7) is 0. The molecule has 1 amide bonds. The van der Waals surface area contributed by atoms with Crippen LogP contribution in [-0.4, -0.2) is 25.1 Å². The molecular weight excluding hydrogens is 436 g/mol. The molecule has 0 spiro atoms. The van der Waals surface area contributed by atoms with Crippen molar-refractivity contribution in [2.75, 3.05) is 19.5 Å². The van der Waals surface area contributed by atoms with Crippen LogP contribution in [0.15, 0.2) is 93.2 Å². The first-order chi connectivity index (χ1) is 16.2. The van der Waals surface area contributed by atoms with Crippen LogP contribution in [0.25, 0.3) is 11.3 Å². The monoisotopic (exact) mass is 460 g/mol. The second kappa shape index (κ2) is 10.7. The molecule has 0 aliphatic carbocycles. The molecule has 0 atom stereocenters. The number of hydrogen-bond acceptors (Lipinski definition) is 6. The third-order valence-corrected chi connectivity index (χ3v) is 6.01. The molecule has 4 rings (SSSR count). The molecular formula is C26H24N2O4S. The van der Waals surface area contributed by atoms with E-state index in [1.165, 1.54) is 0 Å². The van der Waals surface area contributed by atoms with E-state index in [1.54, 1.807) is 38.2 Å². The maximum Gasteiger partial charge on any atom is 0.224 e. The largest absolute Gasteiger partial charge is 0.497 e. The Labute approximate surface area is 197 Å². The van der Waals surface area contributed by atoms with Crippen LogP contribution in [0, 0.1) is 0 Å². The molecule has 0 saturated carbocycles. The van der Waals surface area contributed by atoms with E-state index in [-0.39, 0.29) is 12.3 Å². The number of rotatable bonds is 9. The number of ether oxygens (including phenoxy) is 2. The lowest BCUT2D eigenvalue weighted by Crippen LogP contribution is -2.13. The van der Waals surface area contributed by atoms with Crippen LogP contribution in [0.1, 0.15) is 12.3 Å². The second-order valence-corrected chi connectivity index (χ2v) is 8.26. The van der Waals surface area contributed by atoms with E-state index in [1.807, 2.05) is 66.7 Å². The molecule has 0 bridgehead atoms. The molecule has 0 aliphatic rings. The standard InChI is InChI=1S/C26H24N2O4S/c1-30-18-12-13-20(22(16-18)31-2)23-17-27-26(32-23)15-14-25(29)28-21-10-6-7-11-24(21)33-19-8-4-3-5-9-19/h3-13,16-17H,14-15H2,1-2H3,(H,28,29). The number of anilines is 1. The molecule has 0 aliphatic heterocycles. The molecule has 7 heteroatoms. The Morgan fingerprint density at radius 1 is 1.00 bits per heavy atom. The average molecular weight is 461 g/mol. The van der Waals surface area contributed by atoms with Crippen LogP contribution in [0.3, 0.4) is 0 Å². The predicted molar refractivity (Wildman–Crippen MR) is 129 cm³/mol. The minimum atomic E-state index is -0.0992. The van der Waals surface area contributed by atoms with Gasteiger partial charge in [-0.25, -0.2) is 4.98 Å². The molecule has 4 aromatic rings. The van der Waals surface area contributed by atoms with Gasteiger partial charge in [0.15, 0.2) is 11.7 Å². The van der Waals surface area contributed by atoms with Gasteiger partial charge in [0, 0.05) is 28.7 Å². The van der Waals surface area contributed by atoms with Crippen LogP contribution < -0.4 is 14.8 Å². The fourth-order valence-corrected chi connectivity index (χ4v) is 4.18. The van der Waals surface area contributed by atoms with E-state index < -0.39 is 0 Å². The predicted octanol–water partition coefficient (Wildman–Crippen LogP) is 6.08. The van der Waals surface area contributed by atoms with Crippen molar-refractivity contribution in [3.63, 3.8) is 0 Å². The number of carbonyl (C=O) groups is 1. The third kappa shape index (κ3) is 5.75. The molecule has 6 nitrogen and oxygen atoms in total. The van der Waals surface area contributed by atoms with Gasteiger partial charge in [-0.3, -0.25) is 4.79 Å². The van der Waals surface area contributed by atoms with Crippen molar-refractivity contribution in [2.45, 2.75) is 22.6 Å². The number of aromatic nitrogens is 1. The second-order valence-electron chi connectivity index (χ2n) is 7.14. The summed E-state index contributed by atoms with van der Waals surface area (Å²) in [6.07, 6.45) is 2.28. The van der Waals surface area contributed by atoms with Gasteiger partial charge in [0.2, 0.25) is 5.91 Å². The highest BCUT2D eigenvalue weighted by Crippen LogP contribution is 2.34. The maximum atomic E-state index is 12.6. The number of para-hydroxylation sites is 1. The Bertz CT molecular complexity index is 1220. The molecule has 1 heterocycles. The summed E-state index contributed by atoms with van der Waals surface area (Å²) in [5.74, 6) is 2.29. The number of nitrogens with zero attached hydrogens (tertiary/aromatic N) is 1. The first-order valence-electron chi connectivity index (χ1n) is 10.4. The molecule has 0 radical (unpaired) electrons. The third-order valence-electron chi connectivity index (χ3n) is 4.93. The molecule has 0 fully saturated rings. The number of methoxy groups -OCH3 is 2. The summed E-state index contributed by atoms with van der Waals surface area (Å²) in [7, 11) is 3.19. The molecule has 0 unspecified atom stereocenters. The molecule has 168 valence electrons. The van der Waals surface area contributed by atoms with Crippen LogP contribution in [-0.2, 0) is 11.2 Å². The van der Waals surface area contributed by atoms with Crippen molar-refractivity contribution in [1.29, 1.82) is 0 Å². The first kappa shape index (κ1) is 22.5. The van der Waals surface area contributed by atoms with Crippen LogP contribution in [0.2, 0.25) is 0 Å². The van der Waals surface area contributed by atoms with Crippen molar-refractivity contribution >= 4 is 23.4 Å². The first-order valence-corrected chi connectivity index (χ1v) is 11.3. The number of hydrogen-bond donors (Lipinski definition) is 1. The summed E-state index contributed by atoms with van der Waals surface area (Å²) in [6, 6.07) is 23.3. The van der Waals surface area contributed by atoms with E-state index in [9.17, 15) is 4.79 Å². The lowest BCUT2D eigenvalue weighted by molar-refractivity contribution is -0.116. The van der Waals surface area contributed by atoms with E-state index in [4.69, 9.17) is 13.9 Å². The summed E-state index contributed by atoms with van der Waals surface area (Å²) in [5, 5.41) is 3.01. The Kier molecular flexibility index (Phi) is 7.32. The number of aryl methyl sites for hydroxylation is 1. The fraction of sp³-hybridized carbons (Fsp3) is 0.154. The number of nitrogens with one attached hydrogen (secondary N) is 1. The van der Waals surface area contributed by atoms with Crippen molar-refractivity contribution in [2.24, 2.45) is 0 Å². The van der Waals surface area contributed by atoms with E-state index >= 15 is 0 Å². The van der Waals surface area contributed by atoms with Crippen molar-refractivity contribution in [1.82, 2.24) is 4.98 Å². The van der Waals surface area contributed by atoms with Gasteiger partial charge < -0.3 is 19.2 Å².